The number of rotatable bonds is 5. The van der Waals surface area contributed by atoms with Crippen LogP contribution in [0.1, 0.15) is 52.4 Å². The zero-order valence-electron chi connectivity index (χ0n) is 13.4. The molecule has 0 bridgehead atoms. The lowest BCUT2D eigenvalue weighted by Gasteiger charge is -2.03. The van der Waals surface area contributed by atoms with E-state index >= 15 is 0 Å². The van der Waals surface area contributed by atoms with E-state index in [4.69, 9.17) is 0 Å². The third-order valence-corrected chi connectivity index (χ3v) is 4.47. The molecule has 0 radical (unpaired) electrons. The van der Waals surface area contributed by atoms with Crippen LogP contribution in [0.5, 0.6) is 0 Å². The summed E-state index contributed by atoms with van der Waals surface area (Å²) in [6.07, 6.45) is 7.80. The summed E-state index contributed by atoms with van der Waals surface area (Å²) in [4.78, 5) is 11.7. The van der Waals surface area contributed by atoms with E-state index in [1.165, 1.54) is 17.2 Å². The second kappa shape index (κ2) is 6.91. The lowest BCUT2D eigenvalue weighted by molar-refractivity contribution is 0.0994. The van der Waals surface area contributed by atoms with E-state index in [0.717, 1.165) is 24.8 Å². The topological polar surface area (TPSA) is 17.1 Å². The first-order chi connectivity index (χ1) is 11.2. The molecule has 118 valence electrons. The van der Waals surface area contributed by atoms with Crippen molar-refractivity contribution in [3.63, 3.8) is 0 Å². The van der Waals surface area contributed by atoms with E-state index in [9.17, 15) is 9.18 Å². The van der Waals surface area contributed by atoms with Gasteiger partial charge in [0, 0.05) is 17.5 Å². The molecule has 1 aliphatic carbocycles. The van der Waals surface area contributed by atoms with Crippen LogP contribution in [0.15, 0.2) is 42.5 Å². The molecule has 2 aromatic carbocycles. The van der Waals surface area contributed by atoms with Gasteiger partial charge >= 0.3 is 0 Å². The Kier molecular flexibility index (Phi) is 4.71. The molecule has 0 saturated carbocycles. The van der Waals surface area contributed by atoms with Crippen molar-refractivity contribution in [2.24, 2.45) is 0 Å². The molecule has 0 aromatic heterocycles. The van der Waals surface area contributed by atoms with Crippen molar-refractivity contribution in [3.05, 3.63) is 76.1 Å². The predicted octanol–water partition coefficient (Wildman–Crippen LogP) is 5.16. The molecule has 2 heteroatoms. The maximum Gasteiger partial charge on any atom is 0.163 e. The van der Waals surface area contributed by atoms with E-state index in [0.29, 0.717) is 24.0 Å². The molecule has 0 amide bonds. The summed E-state index contributed by atoms with van der Waals surface area (Å²) in [6.45, 7) is 2.15. The van der Waals surface area contributed by atoms with Gasteiger partial charge in [0.1, 0.15) is 5.82 Å². The van der Waals surface area contributed by atoms with E-state index in [1.54, 1.807) is 12.1 Å². The van der Waals surface area contributed by atoms with Crippen LogP contribution in [0, 0.1) is 5.82 Å². The Labute approximate surface area is 136 Å². The van der Waals surface area contributed by atoms with Gasteiger partial charge in [0.15, 0.2) is 5.78 Å². The van der Waals surface area contributed by atoms with Crippen LogP contribution in [0.4, 0.5) is 4.39 Å². The highest BCUT2D eigenvalue weighted by atomic mass is 19.1. The number of hydrogen-bond acceptors (Lipinski definition) is 1. The molecule has 0 heterocycles. The molecule has 2 aromatic rings. The minimum absolute atomic E-state index is 0.130. The second-order valence-corrected chi connectivity index (χ2v) is 6.07. The molecule has 0 saturated heterocycles. The number of hydrogen-bond donors (Lipinski definition) is 0. The van der Waals surface area contributed by atoms with E-state index in [-0.39, 0.29) is 11.6 Å². The Morgan fingerprint density at radius 1 is 1.09 bits per heavy atom. The minimum atomic E-state index is -0.234. The fourth-order valence-electron chi connectivity index (χ4n) is 3.01. The zero-order chi connectivity index (χ0) is 16.2. The van der Waals surface area contributed by atoms with Gasteiger partial charge in [0.05, 0.1) is 0 Å². The summed E-state index contributed by atoms with van der Waals surface area (Å²) in [6, 6.07) is 11.8. The van der Waals surface area contributed by atoms with Crippen molar-refractivity contribution in [2.75, 3.05) is 0 Å². The molecule has 0 unspecified atom stereocenters. The highest BCUT2D eigenvalue weighted by Crippen LogP contribution is 2.25. The predicted molar refractivity (Wildman–Crippen MR) is 92.2 cm³/mol. The fourth-order valence-corrected chi connectivity index (χ4v) is 3.01. The van der Waals surface area contributed by atoms with Gasteiger partial charge < -0.3 is 0 Å². The second-order valence-electron chi connectivity index (χ2n) is 6.07. The largest absolute Gasteiger partial charge is 0.294 e. The molecular formula is C21H21FO. The smallest absolute Gasteiger partial charge is 0.163 e. The Bertz CT molecular complexity index is 741. The highest BCUT2D eigenvalue weighted by Gasteiger charge is 2.20. The Hall–Kier alpha value is -2.22. The third-order valence-electron chi connectivity index (χ3n) is 4.47. The van der Waals surface area contributed by atoms with Gasteiger partial charge in [0.2, 0.25) is 0 Å². The Morgan fingerprint density at radius 2 is 1.83 bits per heavy atom. The molecular weight excluding hydrogens is 287 g/mol. The Balaban J connectivity index is 1.64. The van der Waals surface area contributed by atoms with Crippen molar-refractivity contribution in [3.8, 4) is 0 Å². The SMILES string of the molecule is CCc1ccc(CCC=Cc2cc3c(cc2F)CCC3=O)cc1. The monoisotopic (exact) mass is 308 g/mol. The summed E-state index contributed by atoms with van der Waals surface area (Å²) < 4.78 is 14.0. The maximum absolute atomic E-state index is 14.0. The summed E-state index contributed by atoms with van der Waals surface area (Å²) in [5.74, 6) is -0.104. The number of fused-ring (bicyclic) bond motifs is 1. The van der Waals surface area contributed by atoms with Crippen LogP contribution in [0.25, 0.3) is 6.08 Å². The van der Waals surface area contributed by atoms with Crippen LogP contribution < -0.4 is 0 Å². The zero-order valence-corrected chi connectivity index (χ0v) is 13.4. The number of Topliss-reactive ketones (excluding diaryl/α,β-unsaturated/α-hetero) is 1. The van der Waals surface area contributed by atoms with Crippen molar-refractivity contribution in [1.82, 2.24) is 0 Å². The molecule has 0 fully saturated rings. The summed E-state index contributed by atoms with van der Waals surface area (Å²) in [5.41, 5.74) is 4.69. The average molecular weight is 308 g/mol. The van der Waals surface area contributed by atoms with Crippen molar-refractivity contribution in [2.45, 2.75) is 39.0 Å². The first-order valence-electron chi connectivity index (χ1n) is 8.27. The molecule has 3 rings (SSSR count). The van der Waals surface area contributed by atoms with Gasteiger partial charge in [0.25, 0.3) is 0 Å². The molecule has 0 spiro atoms. The number of benzene rings is 2. The molecule has 0 atom stereocenters. The van der Waals surface area contributed by atoms with Gasteiger partial charge in [-0.15, -0.1) is 0 Å². The molecule has 0 aliphatic heterocycles. The van der Waals surface area contributed by atoms with Gasteiger partial charge in [-0.3, -0.25) is 4.79 Å². The third kappa shape index (κ3) is 3.58. The quantitative estimate of drug-likeness (QED) is 0.745. The minimum Gasteiger partial charge on any atom is -0.294 e. The van der Waals surface area contributed by atoms with Crippen molar-refractivity contribution < 1.29 is 9.18 Å². The number of halogens is 1. The lowest BCUT2D eigenvalue weighted by atomic mass is 10.0. The van der Waals surface area contributed by atoms with Gasteiger partial charge in [-0.2, -0.15) is 0 Å². The van der Waals surface area contributed by atoms with Gasteiger partial charge in [-0.05, 0) is 54.5 Å². The lowest BCUT2D eigenvalue weighted by Crippen LogP contribution is -1.94. The van der Waals surface area contributed by atoms with Crippen LogP contribution in [-0.4, -0.2) is 5.78 Å². The molecule has 1 aliphatic rings. The number of carbonyl (C=O) groups excluding carboxylic acids is 1. The molecule has 23 heavy (non-hydrogen) atoms. The van der Waals surface area contributed by atoms with Gasteiger partial charge in [-0.1, -0.05) is 43.3 Å². The van der Waals surface area contributed by atoms with Crippen LogP contribution in [0.3, 0.4) is 0 Å². The molecule has 0 N–H and O–H groups in total. The van der Waals surface area contributed by atoms with Crippen LogP contribution in [-0.2, 0) is 19.3 Å². The summed E-state index contributed by atoms with van der Waals surface area (Å²) in [5, 5.41) is 0. The van der Waals surface area contributed by atoms with Crippen molar-refractivity contribution in [1.29, 1.82) is 0 Å². The van der Waals surface area contributed by atoms with Crippen LogP contribution in [0.2, 0.25) is 0 Å². The number of aryl methyl sites for hydroxylation is 3. The number of carbonyl (C=O) groups is 1. The number of ketones is 1. The van der Waals surface area contributed by atoms with E-state index in [1.807, 2.05) is 6.08 Å². The van der Waals surface area contributed by atoms with E-state index < -0.39 is 0 Å². The average Bonchev–Trinajstić information content (AvgIpc) is 2.92. The maximum atomic E-state index is 14.0. The first-order valence-corrected chi connectivity index (χ1v) is 8.27. The van der Waals surface area contributed by atoms with E-state index in [2.05, 4.69) is 31.2 Å². The summed E-state index contributed by atoms with van der Waals surface area (Å²) >= 11 is 0. The van der Waals surface area contributed by atoms with Crippen LogP contribution >= 0.6 is 0 Å². The first kappa shape index (κ1) is 15.7. The van der Waals surface area contributed by atoms with Gasteiger partial charge in [-0.25, -0.2) is 4.39 Å². The normalized spacial score (nSPS) is 13.7. The standard InChI is InChI=1S/C21H21FO/c1-2-15-7-9-16(10-8-15)5-3-4-6-18-13-19-17(14-20(18)22)11-12-21(19)23/h4,6-10,13-14H,2-3,5,11-12H2,1H3. The number of allylic oxidation sites excluding steroid dienone is 1. The fraction of sp³-hybridized carbons (Fsp3) is 0.286. The van der Waals surface area contributed by atoms with Crippen molar-refractivity contribution >= 4 is 11.9 Å². The molecule has 1 nitrogen and oxygen atoms in total. The Morgan fingerprint density at radius 3 is 2.57 bits per heavy atom. The summed E-state index contributed by atoms with van der Waals surface area (Å²) in [7, 11) is 0. The highest BCUT2D eigenvalue weighted by molar-refractivity contribution is 6.00.